The van der Waals surface area contributed by atoms with E-state index >= 15 is 0 Å². The fraction of sp³-hybridized carbons (Fsp3) is 0.400. The molecule has 34 heavy (non-hydrogen) atoms. The molecule has 9 nitrogen and oxygen atoms in total. The summed E-state index contributed by atoms with van der Waals surface area (Å²) in [6.45, 7) is 1.33. The van der Waals surface area contributed by atoms with E-state index in [1.54, 1.807) is 7.11 Å². The Morgan fingerprint density at radius 2 is 1.62 bits per heavy atom. The molecule has 0 unspecified atom stereocenters. The third-order valence-corrected chi connectivity index (χ3v) is 5.84. The van der Waals surface area contributed by atoms with E-state index in [-0.39, 0.29) is 32.1 Å². The first kappa shape index (κ1) is 25.4. The van der Waals surface area contributed by atoms with Crippen molar-refractivity contribution in [3.63, 3.8) is 0 Å². The molecule has 0 radical (unpaired) electrons. The minimum absolute atomic E-state index is 0.0515. The quantitative estimate of drug-likeness (QED) is 0.228. The van der Waals surface area contributed by atoms with Crippen molar-refractivity contribution in [2.45, 2.75) is 24.3 Å². The van der Waals surface area contributed by atoms with Gasteiger partial charge in [0.05, 0.1) is 19.8 Å². The molecule has 3 rings (SSSR count). The minimum Gasteiger partial charge on any atom is -0.479 e. The smallest absolute Gasteiger partial charge is 0.337 e. The van der Waals surface area contributed by atoms with Crippen LogP contribution in [0, 0.1) is 0 Å². The van der Waals surface area contributed by atoms with Crippen LogP contribution in [-0.2, 0) is 28.6 Å². The van der Waals surface area contributed by atoms with Crippen LogP contribution in [0.5, 0.6) is 0 Å². The lowest BCUT2D eigenvalue weighted by Gasteiger charge is -2.24. The standard InChI is InChI=1S/C25H30N2O7/c1-32-14-15-33-13-12-27-22(28)10-11-25(26,23(29)30)24(31)34-16-21-19-8-4-2-6-17(19)18-7-3-5-9-20(18)21/h2-9,21H,10-16,26H2,1H3,(H,27,28)(H,29,30)/t25-/m0/s1. The number of methoxy groups -OCH3 is 1. The maximum absolute atomic E-state index is 12.8. The van der Waals surface area contributed by atoms with Crippen molar-refractivity contribution >= 4 is 17.8 Å². The van der Waals surface area contributed by atoms with Crippen LogP contribution in [0.1, 0.15) is 29.9 Å². The zero-order chi connectivity index (χ0) is 24.6. The highest BCUT2D eigenvalue weighted by Crippen LogP contribution is 2.44. The number of fused-ring (bicyclic) bond motifs is 3. The second-order valence-corrected chi connectivity index (χ2v) is 8.06. The van der Waals surface area contributed by atoms with Crippen molar-refractivity contribution in [3.8, 4) is 11.1 Å². The first-order valence-electron chi connectivity index (χ1n) is 11.1. The number of amides is 1. The van der Waals surface area contributed by atoms with Gasteiger partial charge in [-0.3, -0.25) is 4.79 Å². The molecule has 0 bridgehead atoms. The van der Waals surface area contributed by atoms with Gasteiger partial charge in [0, 0.05) is 26.0 Å². The molecule has 1 amide bonds. The number of carboxylic acid groups (broad SMARTS) is 1. The van der Waals surface area contributed by atoms with Crippen LogP contribution in [0.25, 0.3) is 11.1 Å². The molecule has 0 fully saturated rings. The maximum Gasteiger partial charge on any atom is 0.337 e. The summed E-state index contributed by atoms with van der Waals surface area (Å²) in [6, 6.07) is 15.6. The molecule has 1 aliphatic rings. The fourth-order valence-corrected chi connectivity index (χ4v) is 3.93. The number of carboxylic acids is 1. The van der Waals surface area contributed by atoms with Crippen LogP contribution < -0.4 is 11.1 Å². The molecule has 2 aromatic carbocycles. The summed E-state index contributed by atoms with van der Waals surface area (Å²) in [4.78, 5) is 36.7. The molecule has 0 saturated carbocycles. The second-order valence-electron chi connectivity index (χ2n) is 8.06. The van der Waals surface area contributed by atoms with Crippen LogP contribution in [0.3, 0.4) is 0 Å². The maximum atomic E-state index is 12.8. The van der Waals surface area contributed by atoms with Gasteiger partial charge in [-0.1, -0.05) is 48.5 Å². The number of esters is 1. The highest BCUT2D eigenvalue weighted by atomic mass is 16.5. The number of rotatable bonds is 13. The number of hydrogen-bond acceptors (Lipinski definition) is 7. The number of nitrogens with two attached hydrogens (primary N) is 1. The van der Waals surface area contributed by atoms with Crippen molar-refractivity contribution in [2.24, 2.45) is 5.73 Å². The molecular formula is C25H30N2O7. The molecule has 2 aromatic rings. The van der Waals surface area contributed by atoms with Gasteiger partial charge in [0.1, 0.15) is 6.61 Å². The van der Waals surface area contributed by atoms with Crippen molar-refractivity contribution < 1.29 is 33.7 Å². The van der Waals surface area contributed by atoms with Crippen molar-refractivity contribution in [1.29, 1.82) is 0 Å². The summed E-state index contributed by atoms with van der Waals surface area (Å²) >= 11 is 0. The first-order valence-corrected chi connectivity index (χ1v) is 11.1. The Hall–Kier alpha value is -3.27. The van der Waals surface area contributed by atoms with Gasteiger partial charge in [-0.2, -0.15) is 0 Å². The summed E-state index contributed by atoms with van der Waals surface area (Å²) in [5.41, 5.74) is 7.71. The molecule has 9 heteroatoms. The number of benzene rings is 2. The molecule has 4 N–H and O–H groups in total. The molecule has 182 valence electrons. The lowest BCUT2D eigenvalue weighted by molar-refractivity contribution is -0.161. The number of carbonyl (C=O) groups is 3. The van der Waals surface area contributed by atoms with Gasteiger partial charge in [0.2, 0.25) is 11.4 Å². The third-order valence-electron chi connectivity index (χ3n) is 5.84. The Labute approximate surface area is 198 Å². The predicted octanol–water partition coefficient (Wildman–Crippen LogP) is 1.68. The normalized spacial score (nSPS) is 14.1. The summed E-state index contributed by atoms with van der Waals surface area (Å²) < 4.78 is 15.5. The molecule has 1 aliphatic carbocycles. The topological polar surface area (TPSA) is 137 Å². The van der Waals surface area contributed by atoms with Crippen molar-refractivity contribution in [1.82, 2.24) is 5.32 Å². The number of hydrogen-bond donors (Lipinski definition) is 3. The van der Waals surface area contributed by atoms with Gasteiger partial charge in [-0.25, -0.2) is 9.59 Å². The minimum atomic E-state index is -2.33. The van der Waals surface area contributed by atoms with Crippen LogP contribution in [0.2, 0.25) is 0 Å². The Morgan fingerprint density at radius 3 is 2.21 bits per heavy atom. The molecule has 0 aromatic heterocycles. The summed E-state index contributed by atoms with van der Waals surface area (Å²) in [7, 11) is 1.56. The number of carbonyl (C=O) groups excluding carboxylic acids is 2. The third kappa shape index (κ3) is 5.80. The Bertz CT molecular complexity index is 980. The van der Waals surface area contributed by atoms with Gasteiger partial charge in [-0.05, 0) is 28.7 Å². The summed E-state index contributed by atoms with van der Waals surface area (Å²) in [6.07, 6.45) is -0.638. The van der Waals surface area contributed by atoms with Gasteiger partial charge in [-0.15, -0.1) is 0 Å². The average Bonchev–Trinajstić information content (AvgIpc) is 3.16. The van der Waals surface area contributed by atoms with E-state index in [9.17, 15) is 19.5 Å². The highest BCUT2D eigenvalue weighted by molar-refractivity contribution is 6.04. The van der Waals surface area contributed by atoms with Crippen LogP contribution in [0.4, 0.5) is 0 Å². The van der Waals surface area contributed by atoms with Gasteiger partial charge < -0.3 is 30.4 Å². The molecule has 0 heterocycles. The molecule has 0 spiro atoms. The molecular weight excluding hydrogens is 440 g/mol. The monoisotopic (exact) mass is 470 g/mol. The van der Waals surface area contributed by atoms with E-state index in [1.807, 2.05) is 48.5 Å². The SMILES string of the molecule is COCCOCCNC(=O)CC[C@](N)(C(=O)O)C(=O)OCC1c2ccccc2-c2ccccc21. The lowest BCUT2D eigenvalue weighted by Crippen LogP contribution is -2.56. The molecule has 1 atom stereocenters. The fourth-order valence-electron chi connectivity index (χ4n) is 3.93. The Morgan fingerprint density at radius 1 is 1.00 bits per heavy atom. The zero-order valence-corrected chi connectivity index (χ0v) is 19.1. The van der Waals surface area contributed by atoms with Crippen LogP contribution >= 0.6 is 0 Å². The van der Waals surface area contributed by atoms with Crippen molar-refractivity contribution in [2.75, 3.05) is 40.1 Å². The highest BCUT2D eigenvalue weighted by Gasteiger charge is 2.44. The molecule has 0 aliphatic heterocycles. The largest absolute Gasteiger partial charge is 0.479 e. The van der Waals surface area contributed by atoms with E-state index in [4.69, 9.17) is 19.9 Å². The second kappa shape index (κ2) is 11.7. The van der Waals surface area contributed by atoms with Crippen LogP contribution in [0.15, 0.2) is 48.5 Å². The zero-order valence-electron chi connectivity index (χ0n) is 19.1. The van der Waals surface area contributed by atoms with E-state index < -0.39 is 29.8 Å². The van der Waals surface area contributed by atoms with Gasteiger partial charge in [0.15, 0.2) is 0 Å². The average molecular weight is 471 g/mol. The first-order chi connectivity index (χ1) is 16.4. The summed E-state index contributed by atoms with van der Waals surface area (Å²) in [5, 5.41) is 12.2. The van der Waals surface area contributed by atoms with E-state index in [1.165, 1.54) is 0 Å². The Kier molecular flexibility index (Phi) is 8.75. The number of aliphatic carboxylic acids is 1. The number of ether oxygens (including phenoxy) is 3. The van der Waals surface area contributed by atoms with Crippen LogP contribution in [-0.4, -0.2) is 68.6 Å². The van der Waals surface area contributed by atoms with Gasteiger partial charge in [0.25, 0.3) is 0 Å². The van der Waals surface area contributed by atoms with Gasteiger partial charge >= 0.3 is 11.9 Å². The van der Waals surface area contributed by atoms with E-state index in [0.717, 1.165) is 22.3 Å². The summed E-state index contributed by atoms with van der Waals surface area (Å²) in [5.74, 6) is -3.27. The predicted molar refractivity (Wildman–Crippen MR) is 124 cm³/mol. The lowest BCUT2D eigenvalue weighted by atomic mass is 9.94. The number of nitrogens with one attached hydrogen (secondary N) is 1. The van der Waals surface area contributed by atoms with Crippen molar-refractivity contribution in [3.05, 3.63) is 59.7 Å². The van der Waals surface area contributed by atoms with E-state index in [0.29, 0.717) is 13.2 Å². The van der Waals surface area contributed by atoms with E-state index in [2.05, 4.69) is 5.32 Å². The molecule has 0 saturated heterocycles. The Balaban J connectivity index is 1.57.